The maximum absolute atomic E-state index is 6.95. The van der Waals surface area contributed by atoms with E-state index >= 15 is 0 Å². The molecule has 12 rings (SSSR count). The summed E-state index contributed by atoms with van der Waals surface area (Å²) >= 11 is 0. The van der Waals surface area contributed by atoms with E-state index in [1.54, 1.807) is 0 Å². The van der Waals surface area contributed by atoms with Crippen LogP contribution in [0.15, 0.2) is 205 Å². The Morgan fingerprint density at radius 1 is 0.382 bits per heavy atom. The summed E-state index contributed by atoms with van der Waals surface area (Å²) in [5.41, 5.74) is 17.4. The molecule has 9 aromatic carbocycles. The van der Waals surface area contributed by atoms with Crippen molar-refractivity contribution in [3.63, 3.8) is 0 Å². The number of rotatable bonds is 4. The number of nitrogens with zero attached hydrogens (tertiary/aromatic N) is 1. The first-order valence-corrected chi connectivity index (χ1v) is 19.0. The van der Waals surface area contributed by atoms with Crippen LogP contribution in [-0.2, 0) is 5.41 Å². The van der Waals surface area contributed by atoms with E-state index in [9.17, 15) is 0 Å². The van der Waals surface area contributed by atoms with Gasteiger partial charge in [-0.05, 0) is 103 Å². The molecule has 0 aliphatic heterocycles. The van der Waals surface area contributed by atoms with Gasteiger partial charge in [0.1, 0.15) is 11.2 Å². The summed E-state index contributed by atoms with van der Waals surface area (Å²) in [5.74, 6) is 0. The summed E-state index contributed by atoms with van der Waals surface area (Å²) < 4.78 is 6.95. The molecule has 1 spiro atoms. The molecular weight excluding hydrogens is 667 g/mol. The molecular formula is C53H33NO. The van der Waals surface area contributed by atoms with Gasteiger partial charge in [-0.2, -0.15) is 0 Å². The van der Waals surface area contributed by atoms with Crippen LogP contribution in [-0.4, -0.2) is 0 Å². The Morgan fingerprint density at radius 2 is 0.964 bits per heavy atom. The summed E-state index contributed by atoms with van der Waals surface area (Å²) in [6.45, 7) is 0. The molecule has 10 aromatic rings. The Hall–Kier alpha value is -7.16. The lowest BCUT2D eigenvalue weighted by molar-refractivity contribution is 0.670. The average Bonchev–Trinajstić information content (AvgIpc) is 3.89. The minimum absolute atomic E-state index is 0.438. The normalized spacial score (nSPS) is 13.2. The van der Waals surface area contributed by atoms with Crippen LogP contribution in [0.3, 0.4) is 0 Å². The standard InChI is InChI=1S/C53H33NO/c1-3-16-34(17-4-1)43-32-35-18-7-8-21-38(35)50-51-48(28-15-29-49(51)55-52(43)50)54(36-19-5-2-6-20-36)37-30-31-42-41-24-11-14-27-46(41)53(47(42)33-37)44-25-12-9-22-39(44)40-23-10-13-26-45(40)53/h1-33H. The van der Waals surface area contributed by atoms with E-state index in [4.69, 9.17) is 4.42 Å². The van der Waals surface area contributed by atoms with Gasteiger partial charge in [-0.1, -0.05) is 158 Å². The lowest BCUT2D eigenvalue weighted by Gasteiger charge is -2.32. The highest BCUT2D eigenvalue weighted by Gasteiger charge is 2.51. The first-order valence-electron chi connectivity index (χ1n) is 19.0. The number of anilines is 3. The first-order chi connectivity index (χ1) is 27.3. The van der Waals surface area contributed by atoms with Crippen molar-refractivity contribution in [3.8, 4) is 33.4 Å². The third-order valence-electron chi connectivity index (χ3n) is 12.0. The summed E-state index contributed by atoms with van der Waals surface area (Å²) in [7, 11) is 0. The van der Waals surface area contributed by atoms with Gasteiger partial charge in [-0.3, -0.25) is 0 Å². The van der Waals surface area contributed by atoms with E-state index in [0.29, 0.717) is 0 Å². The smallest absolute Gasteiger partial charge is 0.143 e. The molecule has 0 bridgehead atoms. The zero-order valence-electron chi connectivity index (χ0n) is 29.9. The number of hydrogen-bond donors (Lipinski definition) is 0. The van der Waals surface area contributed by atoms with Crippen LogP contribution in [0.2, 0.25) is 0 Å². The zero-order valence-corrected chi connectivity index (χ0v) is 29.9. The van der Waals surface area contributed by atoms with Crippen LogP contribution in [0.4, 0.5) is 17.1 Å². The van der Waals surface area contributed by atoms with Gasteiger partial charge in [0.2, 0.25) is 0 Å². The molecule has 0 amide bonds. The third kappa shape index (κ3) is 4.08. The second-order valence-corrected chi connectivity index (χ2v) is 14.8. The van der Waals surface area contributed by atoms with Crippen LogP contribution < -0.4 is 4.90 Å². The monoisotopic (exact) mass is 699 g/mol. The maximum Gasteiger partial charge on any atom is 0.143 e. The van der Waals surface area contributed by atoms with E-state index in [1.165, 1.54) is 55.3 Å². The molecule has 55 heavy (non-hydrogen) atoms. The first kappa shape index (κ1) is 30.3. The Bertz CT molecular complexity index is 3090. The molecule has 0 N–H and O–H groups in total. The van der Waals surface area contributed by atoms with Crippen LogP contribution >= 0.6 is 0 Å². The number of hydrogen-bond acceptors (Lipinski definition) is 2. The molecule has 0 fully saturated rings. The number of fused-ring (bicyclic) bond motifs is 15. The second kappa shape index (κ2) is 11.4. The number of benzene rings is 9. The lowest BCUT2D eigenvalue weighted by atomic mass is 9.70. The highest BCUT2D eigenvalue weighted by atomic mass is 16.3. The van der Waals surface area contributed by atoms with Gasteiger partial charge < -0.3 is 9.32 Å². The molecule has 1 heterocycles. The number of furan rings is 1. The predicted octanol–water partition coefficient (Wildman–Crippen LogP) is 14.2. The molecule has 0 atom stereocenters. The Kier molecular flexibility index (Phi) is 6.29. The molecule has 0 radical (unpaired) electrons. The largest absolute Gasteiger partial charge is 0.455 e. The van der Waals surface area contributed by atoms with E-state index in [1.807, 2.05) is 0 Å². The molecule has 2 nitrogen and oxygen atoms in total. The van der Waals surface area contributed by atoms with E-state index in [-0.39, 0.29) is 0 Å². The van der Waals surface area contributed by atoms with Gasteiger partial charge in [0.15, 0.2) is 0 Å². The zero-order chi connectivity index (χ0) is 36.1. The predicted molar refractivity (Wildman–Crippen MR) is 228 cm³/mol. The van der Waals surface area contributed by atoms with E-state index < -0.39 is 5.41 Å². The Labute approximate surface area is 319 Å². The minimum Gasteiger partial charge on any atom is -0.455 e. The molecule has 1 aromatic heterocycles. The van der Waals surface area contributed by atoms with Crippen molar-refractivity contribution in [3.05, 3.63) is 222 Å². The van der Waals surface area contributed by atoms with Gasteiger partial charge in [-0.25, -0.2) is 0 Å². The molecule has 2 aliphatic carbocycles. The van der Waals surface area contributed by atoms with Crippen molar-refractivity contribution in [2.24, 2.45) is 0 Å². The quantitative estimate of drug-likeness (QED) is 0.182. The van der Waals surface area contributed by atoms with Crippen molar-refractivity contribution in [1.82, 2.24) is 0 Å². The average molecular weight is 700 g/mol. The fourth-order valence-electron chi connectivity index (χ4n) is 9.89. The summed E-state index contributed by atoms with van der Waals surface area (Å²) in [6.07, 6.45) is 0. The third-order valence-corrected chi connectivity index (χ3v) is 12.0. The SMILES string of the molecule is c1ccc(-c2cc3ccccc3c3c2oc2cccc(N(c4ccccc4)c4ccc5c(c4)C4(c6ccccc6-c6ccccc64)c4ccccc4-5)c23)cc1. The van der Waals surface area contributed by atoms with Crippen molar-refractivity contribution in [1.29, 1.82) is 0 Å². The highest BCUT2D eigenvalue weighted by molar-refractivity contribution is 6.26. The van der Waals surface area contributed by atoms with Gasteiger partial charge >= 0.3 is 0 Å². The lowest BCUT2D eigenvalue weighted by Crippen LogP contribution is -2.26. The molecule has 0 unspecified atom stereocenters. The molecule has 0 saturated carbocycles. The fourth-order valence-corrected chi connectivity index (χ4v) is 9.89. The molecule has 0 saturated heterocycles. The maximum atomic E-state index is 6.95. The van der Waals surface area contributed by atoms with Crippen LogP contribution in [0, 0.1) is 0 Å². The summed E-state index contributed by atoms with van der Waals surface area (Å²) in [6, 6.07) is 73.1. The van der Waals surface area contributed by atoms with Gasteiger partial charge in [0.05, 0.1) is 16.5 Å². The van der Waals surface area contributed by atoms with Crippen molar-refractivity contribution in [2.45, 2.75) is 5.41 Å². The van der Waals surface area contributed by atoms with E-state index in [2.05, 4.69) is 205 Å². The Morgan fingerprint density at radius 3 is 1.65 bits per heavy atom. The van der Waals surface area contributed by atoms with Gasteiger partial charge in [0, 0.05) is 22.3 Å². The fraction of sp³-hybridized carbons (Fsp3) is 0.0189. The van der Waals surface area contributed by atoms with E-state index in [0.717, 1.165) is 50.1 Å². The highest BCUT2D eigenvalue weighted by Crippen LogP contribution is 2.63. The minimum atomic E-state index is -0.438. The molecule has 256 valence electrons. The van der Waals surface area contributed by atoms with Crippen LogP contribution in [0.1, 0.15) is 22.3 Å². The van der Waals surface area contributed by atoms with Crippen LogP contribution in [0.5, 0.6) is 0 Å². The topological polar surface area (TPSA) is 16.4 Å². The van der Waals surface area contributed by atoms with Crippen molar-refractivity contribution >= 4 is 49.8 Å². The number of para-hydroxylation sites is 1. The van der Waals surface area contributed by atoms with Gasteiger partial charge in [-0.15, -0.1) is 0 Å². The Balaban J connectivity index is 1.17. The van der Waals surface area contributed by atoms with Gasteiger partial charge in [0.25, 0.3) is 0 Å². The second-order valence-electron chi connectivity index (χ2n) is 14.8. The molecule has 2 heteroatoms. The summed E-state index contributed by atoms with van der Waals surface area (Å²) in [4.78, 5) is 2.44. The summed E-state index contributed by atoms with van der Waals surface area (Å²) in [5, 5.41) is 4.60. The molecule has 2 aliphatic rings. The van der Waals surface area contributed by atoms with Crippen LogP contribution in [0.25, 0.3) is 66.1 Å². The van der Waals surface area contributed by atoms with Crippen molar-refractivity contribution < 1.29 is 4.42 Å². The van der Waals surface area contributed by atoms with Crippen molar-refractivity contribution in [2.75, 3.05) is 4.90 Å².